The Hall–Kier alpha value is -2.57. The van der Waals surface area contributed by atoms with Gasteiger partial charge in [-0.3, -0.25) is 4.79 Å². The first-order chi connectivity index (χ1) is 12.1. The summed E-state index contributed by atoms with van der Waals surface area (Å²) in [5, 5.41) is 8.34. The number of benzene rings is 1. The Kier molecular flexibility index (Phi) is 5.53. The molecule has 1 aliphatic carbocycles. The summed E-state index contributed by atoms with van der Waals surface area (Å²) in [7, 11) is 1.92. The number of hydrogen-bond donors (Lipinski definition) is 3. The Bertz CT molecular complexity index is 749. The van der Waals surface area contributed by atoms with Gasteiger partial charge >= 0.3 is 6.03 Å². The van der Waals surface area contributed by atoms with E-state index in [0.717, 1.165) is 42.5 Å². The molecule has 0 saturated heterocycles. The molecule has 7 nitrogen and oxygen atoms in total. The molecule has 3 amide bonds. The van der Waals surface area contributed by atoms with Crippen LogP contribution in [-0.2, 0) is 18.4 Å². The minimum absolute atomic E-state index is 0.0392. The SMILES string of the molecule is Cn1c(CNC(=O)CNC(=O)NC2CCCCC2)nc2ccccc21. The third kappa shape index (κ3) is 4.49. The van der Waals surface area contributed by atoms with Crippen LogP contribution in [-0.4, -0.2) is 34.1 Å². The summed E-state index contributed by atoms with van der Waals surface area (Å²) in [5.74, 6) is 0.548. The van der Waals surface area contributed by atoms with Gasteiger partial charge in [-0.1, -0.05) is 31.4 Å². The summed E-state index contributed by atoms with van der Waals surface area (Å²) in [6.07, 6.45) is 5.59. The van der Waals surface area contributed by atoms with Crippen LogP contribution in [0.25, 0.3) is 11.0 Å². The van der Waals surface area contributed by atoms with Crippen molar-refractivity contribution in [1.82, 2.24) is 25.5 Å². The van der Waals surface area contributed by atoms with Gasteiger partial charge in [-0.05, 0) is 25.0 Å². The fraction of sp³-hybridized carbons (Fsp3) is 0.500. The van der Waals surface area contributed by atoms with E-state index in [1.54, 1.807) is 0 Å². The summed E-state index contributed by atoms with van der Waals surface area (Å²) >= 11 is 0. The van der Waals surface area contributed by atoms with Crippen molar-refractivity contribution in [3.05, 3.63) is 30.1 Å². The zero-order chi connectivity index (χ0) is 17.6. The molecule has 134 valence electrons. The number of nitrogens with zero attached hydrogens (tertiary/aromatic N) is 2. The van der Waals surface area contributed by atoms with Crippen molar-refractivity contribution in [3.8, 4) is 0 Å². The minimum Gasteiger partial charge on any atom is -0.347 e. The van der Waals surface area contributed by atoms with Crippen LogP contribution in [0.4, 0.5) is 4.79 Å². The number of aromatic nitrogens is 2. The number of nitrogens with one attached hydrogen (secondary N) is 3. The number of amides is 3. The molecular weight excluding hydrogens is 318 g/mol. The Morgan fingerprint density at radius 3 is 2.68 bits per heavy atom. The van der Waals surface area contributed by atoms with Crippen molar-refractivity contribution < 1.29 is 9.59 Å². The normalized spacial score (nSPS) is 15.1. The lowest BCUT2D eigenvalue weighted by molar-refractivity contribution is -0.120. The number of carbonyl (C=O) groups excluding carboxylic acids is 2. The van der Waals surface area contributed by atoms with Crippen LogP contribution in [0.2, 0.25) is 0 Å². The average Bonchev–Trinajstić information content (AvgIpc) is 2.95. The molecule has 3 rings (SSSR count). The van der Waals surface area contributed by atoms with E-state index in [0.29, 0.717) is 6.54 Å². The maximum atomic E-state index is 11.9. The highest BCUT2D eigenvalue weighted by atomic mass is 16.2. The Balaban J connectivity index is 1.43. The van der Waals surface area contributed by atoms with Gasteiger partial charge in [0.25, 0.3) is 0 Å². The molecule has 2 aromatic rings. The van der Waals surface area contributed by atoms with Crippen molar-refractivity contribution in [3.63, 3.8) is 0 Å². The maximum absolute atomic E-state index is 11.9. The third-order valence-corrected chi connectivity index (χ3v) is 4.67. The highest BCUT2D eigenvalue weighted by molar-refractivity contribution is 5.84. The Morgan fingerprint density at radius 2 is 1.92 bits per heavy atom. The van der Waals surface area contributed by atoms with Crippen LogP contribution >= 0.6 is 0 Å². The van der Waals surface area contributed by atoms with E-state index in [-0.39, 0.29) is 24.5 Å². The standard InChI is InChI=1S/C18H25N5O2/c1-23-15-10-6-5-9-14(15)22-16(23)11-19-17(24)12-20-18(25)21-13-7-3-2-4-8-13/h5-6,9-10,13H,2-4,7-8,11-12H2,1H3,(H,19,24)(H2,20,21,25). The van der Waals surface area contributed by atoms with Crippen molar-refractivity contribution in [2.75, 3.05) is 6.54 Å². The fourth-order valence-electron chi connectivity index (χ4n) is 3.24. The monoisotopic (exact) mass is 343 g/mol. The van der Waals surface area contributed by atoms with Gasteiger partial charge in [0.15, 0.2) is 0 Å². The minimum atomic E-state index is -0.273. The molecule has 0 aliphatic heterocycles. The number of imidazole rings is 1. The van der Waals surface area contributed by atoms with Crippen molar-refractivity contribution >= 4 is 23.0 Å². The van der Waals surface area contributed by atoms with Gasteiger partial charge in [-0.25, -0.2) is 9.78 Å². The summed E-state index contributed by atoms with van der Waals surface area (Å²) < 4.78 is 1.96. The van der Waals surface area contributed by atoms with E-state index in [4.69, 9.17) is 0 Å². The second kappa shape index (κ2) is 8.00. The van der Waals surface area contributed by atoms with E-state index in [9.17, 15) is 9.59 Å². The van der Waals surface area contributed by atoms with Gasteiger partial charge in [-0.15, -0.1) is 0 Å². The third-order valence-electron chi connectivity index (χ3n) is 4.67. The van der Waals surface area contributed by atoms with Crippen LogP contribution in [0.3, 0.4) is 0 Å². The van der Waals surface area contributed by atoms with Crippen LogP contribution in [0.1, 0.15) is 37.9 Å². The zero-order valence-electron chi connectivity index (χ0n) is 14.5. The highest BCUT2D eigenvalue weighted by Gasteiger charge is 2.16. The van der Waals surface area contributed by atoms with E-state index in [2.05, 4.69) is 20.9 Å². The first kappa shape index (κ1) is 17.3. The molecule has 1 aliphatic rings. The van der Waals surface area contributed by atoms with Crippen molar-refractivity contribution in [1.29, 1.82) is 0 Å². The lowest BCUT2D eigenvalue weighted by atomic mass is 9.96. The van der Waals surface area contributed by atoms with Crippen LogP contribution in [0.15, 0.2) is 24.3 Å². The van der Waals surface area contributed by atoms with Crippen molar-refractivity contribution in [2.45, 2.75) is 44.7 Å². The number of para-hydroxylation sites is 2. The molecule has 0 bridgehead atoms. The van der Waals surface area contributed by atoms with Crippen molar-refractivity contribution in [2.24, 2.45) is 7.05 Å². The van der Waals surface area contributed by atoms with Gasteiger partial charge in [0.2, 0.25) is 5.91 Å². The first-order valence-electron chi connectivity index (χ1n) is 8.85. The predicted molar refractivity (Wildman–Crippen MR) is 96.0 cm³/mol. The Morgan fingerprint density at radius 1 is 1.16 bits per heavy atom. The van der Waals surface area contributed by atoms with Gasteiger partial charge in [0.1, 0.15) is 5.82 Å². The number of carbonyl (C=O) groups is 2. The highest BCUT2D eigenvalue weighted by Crippen LogP contribution is 2.17. The lowest BCUT2D eigenvalue weighted by Crippen LogP contribution is -2.46. The summed E-state index contributed by atoms with van der Waals surface area (Å²) in [4.78, 5) is 28.3. The second-order valence-electron chi connectivity index (χ2n) is 6.51. The van der Waals surface area contributed by atoms with Gasteiger partial charge in [0.05, 0.1) is 24.1 Å². The molecule has 1 heterocycles. The summed E-state index contributed by atoms with van der Waals surface area (Å²) in [6.45, 7) is 0.290. The molecule has 7 heteroatoms. The molecule has 0 atom stereocenters. The number of rotatable bonds is 5. The summed E-state index contributed by atoms with van der Waals surface area (Å²) in [6, 6.07) is 7.79. The molecule has 1 saturated carbocycles. The average molecular weight is 343 g/mol. The van der Waals surface area contributed by atoms with Crippen LogP contribution in [0.5, 0.6) is 0 Å². The van der Waals surface area contributed by atoms with Crippen LogP contribution in [0, 0.1) is 0 Å². The molecule has 1 fully saturated rings. The molecule has 1 aromatic heterocycles. The van der Waals surface area contributed by atoms with E-state index >= 15 is 0 Å². The molecule has 1 aromatic carbocycles. The molecular formula is C18H25N5O2. The van der Waals surface area contributed by atoms with Gasteiger partial charge in [0, 0.05) is 13.1 Å². The largest absolute Gasteiger partial charge is 0.347 e. The topological polar surface area (TPSA) is 88.0 Å². The zero-order valence-corrected chi connectivity index (χ0v) is 14.5. The predicted octanol–water partition coefficient (Wildman–Crippen LogP) is 1.82. The molecule has 0 spiro atoms. The number of aryl methyl sites for hydroxylation is 1. The maximum Gasteiger partial charge on any atom is 0.315 e. The van der Waals surface area contributed by atoms with E-state index < -0.39 is 0 Å². The molecule has 3 N–H and O–H groups in total. The quantitative estimate of drug-likeness (QED) is 0.774. The Labute approximate surface area is 147 Å². The molecule has 0 unspecified atom stereocenters. The van der Waals surface area contributed by atoms with Gasteiger partial charge < -0.3 is 20.5 Å². The smallest absolute Gasteiger partial charge is 0.315 e. The van der Waals surface area contributed by atoms with E-state index in [1.165, 1.54) is 6.42 Å². The summed E-state index contributed by atoms with van der Waals surface area (Å²) in [5.41, 5.74) is 1.93. The lowest BCUT2D eigenvalue weighted by Gasteiger charge is -2.22. The first-order valence-corrected chi connectivity index (χ1v) is 8.85. The van der Waals surface area contributed by atoms with Crippen LogP contribution < -0.4 is 16.0 Å². The number of fused-ring (bicyclic) bond motifs is 1. The second-order valence-corrected chi connectivity index (χ2v) is 6.51. The number of urea groups is 1. The molecule has 0 radical (unpaired) electrons. The molecule has 25 heavy (non-hydrogen) atoms. The fourth-order valence-corrected chi connectivity index (χ4v) is 3.24. The van der Waals surface area contributed by atoms with E-state index in [1.807, 2.05) is 35.9 Å². The number of hydrogen-bond acceptors (Lipinski definition) is 3. The van der Waals surface area contributed by atoms with Gasteiger partial charge in [-0.2, -0.15) is 0 Å².